The van der Waals surface area contributed by atoms with Gasteiger partial charge in [0.2, 0.25) is 0 Å². The molecule has 1 aliphatic heterocycles. The predicted octanol–water partition coefficient (Wildman–Crippen LogP) is 3.20. The Hall–Kier alpha value is -3.20. The maximum atomic E-state index is 13.7. The number of carbonyl (C=O) groups is 3. The first-order valence-electron chi connectivity index (χ1n) is 8.59. The van der Waals surface area contributed by atoms with Gasteiger partial charge in [-0.15, -0.1) is 0 Å². The number of hydrogen-bond donors (Lipinski definition) is 1. The van der Waals surface area contributed by atoms with Crippen LogP contribution in [-0.4, -0.2) is 41.6 Å². The Morgan fingerprint density at radius 3 is 2.55 bits per heavy atom. The van der Waals surface area contributed by atoms with Gasteiger partial charge in [0.15, 0.2) is 6.61 Å². The van der Waals surface area contributed by atoms with Crippen molar-refractivity contribution in [1.82, 2.24) is 10.2 Å². The summed E-state index contributed by atoms with van der Waals surface area (Å²) in [7, 11) is 0. The number of rotatable bonds is 7. The van der Waals surface area contributed by atoms with Gasteiger partial charge in [0.25, 0.3) is 17.1 Å². The second-order valence-corrected chi connectivity index (χ2v) is 6.94. The van der Waals surface area contributed by atoms with E-state index in [-0.39, 0.29) is 30.2 Å². The van der Waals surface area contributed by atoms with E-state index in [9.17, 15) is 23.2 Å². The molecule has 3 amide bonds. The summed E-state index contributed by atoms with van der Waals surface area (Å²) in [5.74, 6) is -1.57. The van der Waals surface area contributed by atoms with E-state index in [0.717, 1.165) is 4.90 Å². The Morgan fingerprint density at radius 2 is 1.83 bits per heavy atom. The fourth-order valence-electron chi connectivity index (χ4n) is 2.46. The molecule has 0 bridgehead atoms. The standard InChI is InChI=1S/C20H16F2N2O4S/c21-14-5-7-15(8-6-14)28-12-18(25)23-9-10-24-19(26)17(29-20(24)27)11-13-3-1-2-4-16(13)22/h1-8,11H,9-10,12H2,(H,23,25)/b17-11-. The molecule has 0 aliphatic carbocycles. The molecule has 29 heavy (non-hydrogen) atoms. The normalized spacial score (nSPS) is 15.1. The van der Waals surface area contributed by atoms with Crippen molar-refractivity contribution in [1.29, 1.82) is 0 Å². The number of thioether (sulfide) groups is 1. The van der Waals surface area contributed by atoms with Gasteiger partial charge >= 0.3 is 0 Å². The predicted molar refractivity (Wildman–Crippen MR) is 104 cm³/mol. The molecule has 9 heteroatoms. The summed E-state index contributed by atoms with van der Waals surface area (Å²) in [6.07, 6.45) is 1.33. The summed E-state index contributed by atoms with van der Waals surface area (Å²) in [6, 6.07) is 11.1. The van der Waals surface area contributed by atoms with Crippen LogP contribution in [0.25, 0.3) is 6.08 Å². The van der Waals surface area contributed by atoms with Crippen molar-refractivity contribution in [3.63, 3.8) is 0 Å². The molecule has 0 aromatic heterocycles. The number of nitrogens with one attached hydrogen (secondary N) is 1. The summed E-state index contributed by atoms with van der Waals surface area (Å²) in [5.41, 5.74) is 0.212. The number of benzene rings is 2. The highest BCUT2D eigenvalue weighted by atomic mass is 32.2. The zero-order chi connectivity index (χ0) is 20.8. The van der Waals surface area contributed by atoms with Crippen LogP contribution in [0.5, 0.6) is 5.75 Å². The van der Waals surface area contributed by atoms with Crippen molar-refractivity contribution < 1.29 is 27.9 Å². The van der Waals surface area contributed by atoms with Crippen molar-refractivity contribution in [2.75, 3.05) is 19.7 Å². The molecule has 6 nitrogen and oxygen atoms in total. The van der Waals surface area contributed by atoms with Gasteiger partial charge in [-0.25, -0.2) is 8.78 Å². The number of carbonyl (C=O) groups excluding carboxylic acids is 3. The average molecular weight is 418 g/mol. The SMILES string of the molecule is O=C(COc1ccc(F)cc1)NCCN1C(=O)S/C(=C\c2ccccc2F)C1=O. The third-order valence-corrected chi connectivity index (χ3v) is 4.81. The number of amides is 3. The Balaban J connectivity index is 1.48. The monoisotopic (exact) mass is 418 g/mol. The minimum atomic E-state index is -0.542. The lowest BCUT2D eigenvalue weighted by Crippen LogP contribution is -2.38. The quantitative estimate of drug-likeness (QED) is 0.699. The van der Waals surface area contributed by atoms with E-state index in [1.807, 2.05) is 0 Å². The molecular formula is C20H16F2N2O4S. The van der Waals surface area contributed by atoms with Gasteiger partial charge in [-0.3, -0.25) is 19.3 Å². The molecule has 0 unspecified atom stereocenters. The average Bonchev–Trinajstić information content (AvgIpc) is 2.96. The highest BCUT2D eigenvalue weighted by molar-refractivity contribution is 8.18. The smallest absolute Gasteiger partial charge is 0.293 e. The summed E-state index contributed by atoms with van der Waals surface area (Å²) < 4.78 is 31.8. The number of imide groups is 1. The second-order valence-electron chi connectivity index (χ2n) is 5.95. The third-order valence-electron chi connectivity index (χ3n) is 3.91. The van der Waals surface area contributed by atoms with Crippen LogP contribution < -0.4 is 10.1 Å². The van der Waals surface area contributed by atoms with Gasteiger partial charge in [0.05, 0.1) is 4.91 Å². The molecule has 0 radical (unpaired) electrons. The number of hydrogen-bond acceptors (Lipinski definition) is 5. The van der Waals surface area contributed by atoms with Gasteiger partial charge in [0.1, 0.15) is 17.4 Å². The first kappa shape index (κ1) is 20.5. The van der Waals surface area contributed by atoms with Gasteiger partial charge < -0.3 is 10.1 Å². The van der Waals surface area contributed by atoms with E-state index < -0.39 is 28.7 Å². The van der Waals surface area contributed by atoms with E-state index >= 15 is 0 Å². The van der Waals surface area contributed by atoms with E-state index in [1.165, 1.54) is 48.5 Å². The fraction of sp³-hybridized carbons (Fsp3) is 0.150. The molecule has 1 aliphatic rings. The van der Waals surface area contributed by atoms with Crippen LogP contribution in [0, 0.1) is 11.6 Å². The van der Waals surface area contributed by atoms with E-state index in [1.54, 1.807) is 6.07 Å². The summed E-state index contributed by atoms with van der Waals surface area (Å²) >= 11 is 0.717. The Bertz CT molecular complexity index is 963. The maximum Gasteiger partial charge on any atom is 0.293 e. The summed E-state index contributed by atoms with van der Waals surface area (Å²) in [6.45, 7) is -0.279. The highest BCUT2D eigenvalue weighted by Gasteiger charge is 2.34. The summed E-state index contributed by atoms with van der Waals surface area (Å²) in [5, 5.41) is 2.04. The number of nitrogens with zero attached hydrogens (tertiary/aromatic N) is 1. The second kappa shape index (κ2) is 9.33. The fourth-order valence-corrected chi connectivity index (χ4v) is 3.32. The first-order chi connectivity index (χ1) is 13.9. The molecule has 2 aromatic carbocycles. The van der Waals surface area contributed by atoms with Crippen molar-refractivity contribution >= 4 is 34.9 Å². The number of halogens is 2. The molecule has 0 saturated carbocycles. The van der Waals surface area contributed by atoms with Crippen molar-refractivity contribution in [2.45, 2.75) is 0 Å². The van der Waals surface area contributed by atoms with Crippen LogP contribution in [0.2, 0.25) is 0 Å². The van der Waals surface area contributed by atoms with Gasteiger partial charge in [-0.05, 0) is 48.2 Å². The lowest BCUT2D eigenvalue weighted by atomic mass is 10.2. The molecule has 1 heterocycles. The van der Waals surface area contributed by atoms with Crippen molar-refractivity contribution in [3.8, 4) is 5.75 Å². The Kier molecular flexibility index (Phi) is 6.61. The zero-order valence-electron chi connectivity index (χ0n) is 15.1. The molecule has 2 aromatic rings. The van der Waals surface area contributed by atoms with Gasteiger partial charge in [0, 0.05) is 18.7 Å². The zero-order valence-corrected chi connectivity index (χ0v) is 15.9. The third kappa shape index (κ3) is 5.41. The molecule has 0 atom stereocenters. The van der Waals surface area contributed by atoms with Crippen LogP contribution in [0.1, 0.15) is 5.56 Å². The van der Waals surface area contributed by atoms with E-state index in [2.05, 4.69) is 5.32 Å². The topological polar surface area (TPSA) is 75.7 Å². The van der Waals surface area contributed by atoms with E-state index in [4.69, 9.17) is 4.74 Å². The molecule has 3 rings (SSSR count). The highest BCUT2D eigenvalue weighted by Crippen LogP contribution is 2.32. The van der Waals surface area contributed by atoms with Gasteiger partial charge in [-0.2, -0.15) is 0 Å². The van der Waals surface area contributed by atoms with Crippen LogP contribution in [0.15, 0.2) is 53.4 Å². The minimum Gasteiger partial charge on any atom is -0.484 e. The lowest BCUT2D eigenvalue weighted by molar-refractivity contribution is -0.125. The van der Waals surface area contributed by atoms with Crippen LogP contribution in [-0.2, 0) is 9.59 Å². The largest absolute Gasteiger partial charge is 0.484 e. The molecule has 0 spiro atoms. The van der Waals surface area contributed by atoms with Crippen LogP contribution in [0.3, 0.4) is 0 Å². The van der Waals surface area contributed by atoms with Crippen molar-refractivity contribution in [2.24, 2.45) is 0 Å². The number of ether oxygens (including phenoxy) is 1. The molecular weight excluding hydrogens is 402 g/mol. The maximum absolute atomic E-state index is 13.7. The Morgan fingerprint density at radius 1 is 1.10 bits per heavy atom. The van der Waals surface area contributed by atoms with Crippen LogP contribution >= 0.6 is 11.8 Å². The molecule has 1 N–H and O–H groups in total. The van der Waals surface area contributed by atoms with Crippen LogP contribution in [0.4, 0.5) is 13.6 Å². The minimum absolute atomic E-state index is 0.0262. The molecule has 150 valence electrons. The molecule has 1 saturated heterocycles. The first-order valence-corrected chi connectivity index (χ1v) is 9.40. The lowest BCUT2D eigenvalue weighted by Gasteiger charge is -2.13. The van der Waals surface area contributed by atoms with Crippen molar-refractivity contribution in [3.05, 3.63) is 70.6 Å². The van der Waals surface area contributed by atoms with Gasteiger partial charge in [-0.1, -0.05) is 18.2 Å². The molecule has 1 fully saturated rings. The Labute approximate surface area is 169 Å². The van der Waals surface area contributed by atoms with E-state index in [0.29, 0.717) is 17.5 Å². The summed E-state index contributed by atoms with van der Waals surface area (Å²) in [4.78, 5) is 37.3.